The van der Waals surface area contributed by atoms with Crippen molar-refractivity contribution in [1.29, 1.82) is 0 Å². The Morgan fingerprint density at radius 1 is 1.17 bits per heavy atom. The average Bonchev–Trinajstić information content (AvgIpc) is 2.77. The minimum atomic E-state index is -5.02. The van der Waals surface area contributed by atoms with E-state index in [2.05, 4.69) is 10.3 Å². The van der Waals surface area contributed by atoms with Crippen LogP contribution in [0.1, 0.15) is 26.3 Å². The van der Waals surface area contributed by atoms with Crippen molar-refractivity contribution in [3.05, 3.63) is 35.9 Å². The molecule has 8 heteroatoms. The second kappa shape index (κ2) is 5.36. The van der Waals surface area contributed by atoms with Crippen LogP contribution >= 0.6 is 0 Å². The molecule has 23 heavy (non-hydrogen) atoms. The first kappa shape index (κ1) is 17.0. The molecule has 1 aromatic rings. The summed E-state index contributed by atoms with van der Waals surface area (Å²) >= 11 is 0. The molecule has 0 unspecified atom stereocenters. The maximum Gasteiger partial charge on any atom is 0.465 e. The van der Waals surface area contributed by atoms with Crippen molar-refractivity contribution >= 4 is 17.6 Å². The van der Waals surface area contributed by atoms with E-state index in [4.69, 9.17) is 0 Å². The standard InChI is InChI=1S/C15H16F3N3O2/c1-13(2,3)11(22)21-14(15(16,17)18)12(23)19-10(20-14)9-7-5-4-6-8-9/h4-8H,1-3H3,(H,21,22)(H,19,20,23)/p+1/t14-/m0/s1. The number of halogens is 3. The second-order valence-electron chi connectivity index (χ2n) is 6.27. The number of hydrogen-bond donors (Lipinski definition) is 3. The van der Waals surface area contributed by atoms with Gasteiger partial charge in [-0.05, 0) is 12.1 Å². The predicted molar refractivity (Wildman–Crippen MR) is 76.0 cm³/mol. The summed E-state index contributed by atoms with van der Waals surface area (Å²) in [4.78, 5) is 26.2. The number of amidine groups is 1. The number of rotatable bonds is 2. The van der Waals surface area contributed by atoms with Crippen molar-refractivity contribution in [3.63, 3.8) is 0 Å². The Morgan fingerprint density at radius 2 is 1.74 bits per heavy atom. The molecule has 5 nitrogen and oxygen atoms in total. The molecule has 0 bridgehead atoms. The Labute approximate surface area is 131 Å². The van der Waals surface area contributed by atoms with E-state index in [1.54, 1.807) is 30.3 Å². The van der Waals surface area contributed by atoms with Crippen LogP contribution in [-0.4, -0.2) is 29.5 Å². The Bertz CT molecular complexity index is 663. The van der Waals surface area contributed by atoms with Crippen LogP contribution < -0.4 is 15.6 Å². The average molecular weight is 328 g/mol. The second-order valence-corrected chi connectivity index (χ2v) is 6.27. The van der Waals surface area contributed by atoms with Crippen LogP contribution in [0.15, 0.2) is 30.3 Å². The van der Waals surface area contributed by atoms with E-state index in [9.17, 15) is 22.8 Å². The van der Waals surface area contributed by atoms with Gasteiger partial charge < -0.3 is 0 Å². The van der Waals surface area contributed by atoms with Gasteiger partial charge in [0.05, 0.1) is 5.56 Å². The zero-order chi connectivity index (χ0) is 17.5. The maximum atomic E-state index is 13.6. The largest absolute Gasteiger partial charge is 0.465 e. The fraction of sp³-hybridized carbons (Fsp3) is 0.400. The first-order chi connectivity index (χ1) is 10.5. The number of carbonyl (C=O) groups excluding carboxylic acids is 2. The Kier molecular flexibility index (Phi) is 3.96. The van der Waals surface area contributed by atoms with Gasteiger partial charge in [-0.15, -0.1) is 0 Å². The molecule has 0 spiro atoms. The summed E-state index contributed by atoms with van der Waals surface area (Å²) in [6.45, 7) is 4.38. The van der Waals surface area contributed by atoms with Gasteiger partial charge in [0.25, 0.3) is 5.84 Å². The van der Waals surface area contributed by atoms with E-state index in [1.807, 2.05) is 5.32 Å². The number of amides is 2. The molecule has 1 aromatic carbocycles. The van der Waals surface area contributed by atoms with Gasteiger partial charge in [0.15, 0.2) is 0 Å². The summed E-state index contributed by atoms with van der Waals surface area (Å²) < 4.78 is 40.7. The van der Waals surface area contributed by atoms with Crippen LogP contribution in [0.3, 0.4) is 0 Å². The summed E-state index contributed by atoms with van der Waals surface area (Å²) in [7, 11) is 0. The summed E-state index contributed by atoms with van der Waals surface area (Å²) in [5.74, 6) is -2.38. The van der Waals surface area contributed by atoms with Gasteiger partial charge >= 0.3 is 17.7 Å². The molecule has 0 aliphatic carbocycles. The molecule has 3 N–H and O–H groups in total. The zero-order valence-electron chi connectivity index (χ0n) is 12.8. The van der Waals surface area contributed by atoms with Crippen LogP contribution in [-0.2, 0) is 9.59 Å². The van der Waals surface area contributed by atoms with Crippen LogP contribution in [0.2, 0.25) is 0 Å². The molecule has 0 aromatic heterocycles. The maximum absolute atomic E-state index is 13.6. The fourth-order valence-corrected chi connectivity index (χ4v) is 1.95. The number of carbonyl (C=O) groups is 2. The number of alkyl halides is 3. The van der Waals surface area contributed by atoms with Gasteiger partial charge in [-0.2, -0.15) is 13.2 Å². The van der Waals surface area contributed by atoms with Gasteiger partial charge in [0.1, 0.15) is 0 Å². The SMILES string of the molecule is CC(C)(C)C(=O)N[C@@]1(C(F)(F)F)[NH+]=C(c2ccccc2)NC1=O. The molecule has 0 saturated heterocycles. The van der Waals surface area contributed by atoms with Gasteiger partial charge in [-0.3, -0.25) is 10.1 Å². The zero-order valence-corrected chi connectivity index (χ0v) is 12.8. The van der Waals surface area contributed by atoms with Crippen LogP contribution in [0.25, 0.3) is 0 Å². The molecule has 1 aliphatic rings. The van der Waals surface area contributed by atoms with Crippen molar-refractivity contribution < 1.29 is 27.8 Å². The summed E-state index contributed by atoms with van der Waals surface area (Å²) in [6, 6.07) is 8.02. The molecule has 1 heterocycles. The molecule has 2 amide bonds. The molecule has 0 fully saturated rings. The third-order valence-electron chi connectivity index (χ3n) is 3.36. The van der Waals surface area contributed by atoms with E-state index in [0.717, 1.165) is 0 Å². The van der Waals surface area contributed by atoms with Crippen molar-refractivity contribution in [2.45, 2.75) is 32.6 Å². The van der Waals surface area contributed by atoms with E-state index < -0.39 is 29.1 Å². The van der Waals surface area contributed by atoms with Gasteiger partial charge in [0.2, 0.25) is 5.91 Å². The lowest BCUT2D eigenvalue weighted by Gasteiger charge is -2.27. The van der Waals surface area contributed by atoms with E-state index in [0.29, 0.717) is 5.56 Å². The highest BCUT2D eigenvalue weighted by molar-refractivity contribution is 6.11. The molecule has 2 rings (SSSR count). The van der Waals surface area contributed by atoms with Gasteiger partial charge in [-0.1, -0.05) is 39.0 Å². The normalized spacial score (nSPS) is 21.7. The molecule has 0 saturated carbocycles. The molecule has 124 valence electrons. The van der Waals surface area contributed by atoms with Crippen molar-refractivity contribution in [2.24, 2.45) is 5.41 Å². The third-order valence-corrected chi connectivity index (χ3v) is 3.36. The first-order valence-electron chi connectivity index (χ1n) is 6.89. The quantitative estimate of drug-likeness (QED) is 0.719. The monoisotopic (exact) mass is 328 g/mol. The predicted octanol–water partition coefficient (Wildman–Crippen LogP) is 0.0645. The minimum absolute atomic E-state index is 0.109. The highest BCUT2D eigenvalue weighted by atomic mass is 19.4. The summed E-state index contributed by atoms with van der Waals surface area (Å²) in [5.41, 5.74) is -3.91. The third kappa shape index (κ3) is 3.06. The van der Waals surface area contributed by atoms with Gasteiger partial charge in [0, 0.05) is 5.41 Å². The van der Waals surface area contributed by atoms with Crippen LogP contribution in [0.4, 0.5) is 13.2 Å². The van der Waals surface area contributed by atoms with Crippen molar-refractivity contribution in [2.75, 3.05) is 0 Å². The van der Waals surface area contributed by atoms with Crippen molar-refractivity contribution in [3.8, 4) is 0 Å². The Balaban J connectivity index is 2.49. The van der Waals surface area contributed by atoms with E-state index in [-0.39, 0.29) is 5.84 Å². The van der Waals surface area contributed by atoms with Crippen LogP contribution in [0.5, 0.6) is 0 Å². The lowest BCUT2D eigenvalue weighted by molar-refractivity contribution is -0.581. The smallest absolute Gasteiger partial charge is 0.297 e. The van der Waals surface area contributed by atoms with Crippen molar-refractivity contribution in [1.82, 2.24) is 10.6 Å². The Morgan fingerprint density at radius 3 is 2.22 bits per heavy atom. The minimum Gasteiger partial charge on any atom is -0.297 e. The first-order valence-corrected chi connectivity index (χ1v) is 6.89. The summed E-state index contributed by atoms with van der Waals surface area (Å²) in [6.07, 6.45) is -5.02. The van der Waals surface area contributed by atoms with E-state index >= 15 is 0 Å². The van der Waals surface area contributed by atoms with Gasteiger partial charge in [-0.25, -0.2) is 15.1 Å². The molecular weight excluding hydrogens is 311 g/mol. The fourth-order valence-electron chi connectivity index (χ4n) is 1.95. The Hall–Kier alpha value is -2.38. The van der Waals surface area contributed by atoms with E-state index in [1.165, 1.54) is 20.8 Å². The topological polar surface area (TPSA) is 72.2 Å². The highest BCUT2D eigenvalue weighted by Gasteiger charge is 2.70. The molecule has 1 atom stereocenters. The molecular formula is C15H17F3N3O2+. The summed E-state index contributed by atoms with van der Waals surface area (Å²) in [5, 5.41) is 3.97. The lowest BCUT2D eigenvalue weighted by atomic mass is 9.94. The number of benzene rings is 1. The number of nitrogens with one attached hydrogen (secondary N) is 3. The number of hydrogen-bond acceptors (Lipinski definition) is 2. The molecule has 1 aliphatic heterocycles. The van der Waals surface area contributed by atoms with Crippen LogP contribution in [0, 0.1) is 5.41 Å². The highest BCUT2D eigenvalue weighted by Crippen LogP contribution is 2.28. The lowest BCUT2D eigenvalue weighted by Crippen LogP contribution is -2.96. The molecule has 0 radical (unpaired) electrons.